The first-order valence-electron chi connectivity index (χ1n) is 10.1. The van der Waals surface area contributed by atoms with Crippen LogP contribution >= 0.6 is 0 Å². The number of nitrogens with one attached hydrogen (secondary N) is 1. The van der Waals surface area contributed by atoms with Crippen molar-refractivity contribution in [3.63, 3.8) is 0 Å². The summed E-state index contributed by atoms with van der Waals surface area (Å²) in [7, 11) is -0.836. The first-order valence-corrected chi connectivity index (χ1v) is 11.9. The summed E-state index contributed by atoms with van der Waals surface area (Å²) < 4.78 is 47.9. The molecule has 1 heterocycles. The van der Waals surface area contributed by atoms with Crippen molar-refractivity contribution in [3.05, 3.63) is 42.0 Å². The molecule has 9 nitrogen and oxygen atoms in total. The van der Waals surface area contributed by atoms with Crippen LogP contribution in [0.25, 0.3) is 0 Å². The summed E-state index contributed by atoms with van der Waals surface area (Å²) in [5, 5.41) is 2.88. The van der Waals surface area contributed by atoms with Crippen molar-refractivity contribution < 1.29 is 32.2 Å². The number of carbonyl (C=O) groups is 1. The lowest BCUT2D eigenvalue weighted by Gasteiger charge is -2.30. The molecule has 2 aromatic carbocycles. The van der Waals surface area contributed by atoms with E-state index in [0.717, 1.165) is 16.1 Å². The van der Waals surface area contributed by atoms with Gasteiger partial charge in [-0.1, -0.05) is 6.07 Å². The van der Waals surface area contributed by atoms with Crippen LogP contribution in [0, 0.1) is 0 Å². The quantitative estimate of drug-likeness (QED) is 0.640. The van der Waals surface area contributed by atoms with Gasteiger partial charge < -0.3 is 24.3 Å². The second kappa shape index (κ2) is 9.56. The van der Waals surface area contributed by atoms with Crippen LogP contribution in [0.3, 0.4) is 0 Å². The number of hydrogen-bond donors (Lipinski definition) is 1. The van der Waals surface area contributed by atoms with Crippen LogP contribution < -0.4 is 28.6 Å². The molecular weight excluding hydrogens is 436 g/mol. The lowest BCUT2D eigenvalue weighted by Crippen LogP contribution is -2.48. The molecule has 32 heavy (non-hydrogen) atoms. The van der Waals surface area contributed by atoms with E-state index in [-0.39, 0.29) is 6.04 Å². The molecule has 174 valence electrons. The predicted octanol–water partition coefficient (Wildman–Crippen LogP) is 2.51. The first-order chi connectivity index (χ1) is 15.2. The Morgan fingerprint density at radius 3 is 2.28 bits per heavy atom. The average molecular weight is 465 g/mol. The Morgan fingerprint density at radius 2 is 1.66 bits per heavy atom. The summed E-state index contributed by atoms with van der Waals surface area (Å²) in [6.07, 6.45) is 1.05. The van der Waals surface area contributed by atoms with Crippen molar-refractivity contribution in [1.82, 2.24) is 5.32 Å². The van der Waals surface area contributed by atoms with Crippen LogP contribution in [-0.2, 0) is 14.8 Å². The summed E-state index contributed by atoms with van der Waals surface area (Å²) in [6, 6.07) is 8.73. The highest BCUT2D eigenvalue weighted by atomic mass is 32.2. The van der Waals surface area contributed by atoms with E-state index in [0.29, 0.717) is 41.9 Å². The third kappa shape index (κ3) is 5.01. The highest BCUT2D eigenvalue weighted by Gasteiger charge is 2.31. The fourth-order valence-electron chi connectivity index (χ4n) is 3.52. The number of nitrogens with zero attached hydrogens (tertiary/aromatic N) is 1. The molecular formula is C22H28N2O7S. The van der Waals surface area contributed by atoms with Crippen LogP contribution in [0.5, 0.6) is 23.0 Å². The van der Waals surface area contributed by atoms with E-state index < -0.39 is 22.0 Å². The third-order valence-electron chi connectivity index (χ3n) is 5.14. The molecule has 0 aliphatic carbocycles. The molecule has 0 radical (unpaired) electrons. The van der Waals surface area contributed by atoms with Crippen LogP contribution in [0.2, 0.25) is 0 Å². The van der Waals surface area contributed by atoms with Crippen LogP contribution in [0.1, 0.15) is 25.5 Å². The van der Waals surface area contributed by atoms with Gasteiger partial charge in [0.05, 0.1) is 32.2 Å². The van der Waals surface area contributed by atoms with Crippen LogP contribution in [0.15, 0.2) is 36.4 Å². The Hall–Kier alpha value is -3.14. The Balaban J connectivity index is 1.82. The number of methoxy groups -OCH3 is 2. The first kappa shape index (κ1) is 23.5. The minimum absolute atomic E-state index is 0.291. The van der Waals surface area contributed by atoms with Crippen molar-refractivity contribution in [2.24, 2.45) is 0 Å². The fraction of sp³-hybridized carbons (Fsp3) is 0.409. The normalized spacial score (nSPS) is 14.8. The van der Waals surface area contributed by atoms with Gasteiger partial charge >= 0.3 is 0 Å². The lowest BCUT2D eigenvalue weighted by molar-refractivity contribution is -0.122. The SMILES string of the molecule is COc1ccc(N([C@@H](C)C(=O)N[C@@H](C)c2ccc3c(c2)OCCO3)S(C)(=O)=O)cc1OC. The number of amides is 1. The molecule has 3 rings (SSSR count). The van der Waals surface area contributed by atoms with E-state index in [9.17, 15) is 13.2 Å². The minimum Gasteiger partial charge on any atom is -0.493 e. The second-order valence-electron chi connectivity index (χ2n) is 7.41. The predicted molar refractivity (Wildman–Crippen MR) is 120 cm³/mol. The minimum atomic E-state index is -3.78. The standard InChI is InChI=1S/C22H28N2O7S/c1-14(16-6-8-19-21(12-16)31-11-10-30-19)23-22(25)15(2)24(32(5,26)27)17-7-9-18(28-3)20(13-17)29-4/h6-9,12-15H,10-11H2,1-5H3,(H,23,25)/t14-,15-/m0/s1. The van der Waals surface area contributed by atoms with Crippen molar-refractivity contribution in [3.8, 4) is 23.0 Å². The van der Waals surface area contributed by atoms with E-state index in [4.69, 9.17) is 18.9 Å². The van der Waals surface area contributed by atoms with Crippen LogP contribution in [-0.4, -0.2) is 54.1 Å². The van der Waals surface area contributed by atoms with E-state index in [1.54, 1.807) is 18.2 Å². The second-order valence-corrected chi connectivity index (χ2v) is 9.27. The maximum Gasteiger partial charge on any atom is 0.244 e. The number of benzene rings is 2. The number of rotatable bonds is 8. The highest BCUT2D eigenvalue weighted by molar-refractivity contribution is 7.92. The number of sulfonamides is 1. The summed E-state index contributed by atoms with van der Waals surface area (Å²) in [5.74, 6) is 1.63. The maximum absolute atomic E-state index is 13.0. The Labute approximate surface area is 188 Å². The number of hydrogen-bond acceptors (Lipinski definition) is 7. The van der Waals surface area contributed by atoms with Gasteiger partial charge in [0.15, 0.2) is 23.0 Å². The molecule has 1 amide bonds. The fourth-order valence-corrected chi connectivity index (χ4v) is 4.68. The summed E-state index contributed by atoms with van der Waals surface area (Å²) in [6.45, 7) is 4.30. The monoisotopic (exact) mass is 464 g/mol. The molecule has 0 fully saturated rings. The Morgan fingerprint density at radius 1 is 1.00 bits per heavy atom. The van der Waals surface area contributed by atoms with Crippen molar-refractivity contribution in [1.29, 1.82) is 0 Å². The summed E-state index contributed by atoms with van der Waals surface area (Å²) in [4.78, 5) is 13.0. The molecule has 1 aliphatic heterocycles. The number of fused-ring (bicyclic) bond motifs is 1. The molecule has 0 saturated heterocycles. The number of anilines is 1. The highest BCUT2D eigenvalue weighted by Crippen LogP contribution is 2.34. The van der Waals surface area contributed by atoms with E-state index in [1.807, 2.05) is 19.1 Å². The van der Waals surface area contributed by atoms with Gasteiger partial charge in [-0.15, -0.1) is 0 Å². The molecule has 0 aromatic heterocycles. The molecule has 2 aromatic rings. The van der Waals surface area contributed by atoms with Gasteiger partial charge in [-0.25, -0.2) is 8.42 Å². The maximum atomic E-state index is 13.0. The van der Waals surface area contributed by atoms with Gasteiger partial charge in [0.25, 0.3) is 0 Å². The molecule has 1 aliphatic rings. The van der Waals surface area contributed by atoms with Crippen molar-refractivity contribution in [2.45, 2.75) is 25.9 Å². The molecule has 2 atom stereocenters. The average Bonchev–Trinajstić information content (AvgIpc) is 2.77. The zero-order valence-corrected chi connectivity index (χ0v) is 19.6. The van der Waals surface area contributed by atoms with Gasteiger partial charge in [-0.05, 0) is 43.7 Å². The zero-order chi connectivity index (χ0) is 23.5. The summed E-state index contributed by atoms with van der Waals surface area (Å²) >= 11 is 0. The Bertz CT molecular complexity index is 1090. The van der Waals surface area contributed by atoms with Crippen molar-refractivity contribution in [2.75, 3.05) is 38.0 Å². The van der Waals surface area contributed by atoms with E-state index in [2.05, 4.69) is 5.32 Å². The van der Waals surface area contributed by atoms with Gasteiger partial charge in [0, 0.05) is 6.07 Å². The number of ether oxygens (including phenoxy) is 4. The lowest BCUT2D eigenvalue weighted by atomic mass is 10.1. The third-order valence-corrected chi connectivity index (χ3v) is 6.38. The van der Waals surface area contributed by atoms with E-state index in [1.165, 1.54) is 27.2 Å². The summed E-state index contributed by atoms with van der Waals surface area (Å²) in [5.41, 5.74) is 1.10. The molecule has 1 N–H and O–H groups in total. The molecule has 0 spiro atoms. The van der Waals surface area contributed by atoms with E-state index >= 15 is 0 Å². The molecule has 0 saturated carbocycles. The number of carbonyl (C=O) groups excluding carboxylic acids is 1. The largest absolute Gasteiger partial charge is 0.493 e. The van der Waals surface area contributed by atoms with Gasteiger partial charge in [0.2, 0.25) is 15.9 Å². The van der Waals surface area contributed by atoms with Crippen molar-refractivity contribution >= 4 is 21.6 Å². The zero-order valence-electron chi connectivity index (χ0n) is 18.7. The van der Waals surface area contributed by atoms with Gasteiger partial charge in [-0.2, -0.15) is 0 Å². The van der Waals surface area contributed by atoms with Crippen LogP contribution in [0.4, 0.5) is 5.69 Å². The Kier molecular flexibility index (Phi) is 7.02. The van der Waals surface area contributed by atoms with Gasteiger partial charge in [0.1, 0.15) is 19.3 Å². The molecule has 10 heteroatoms. The smallest absolute Gasteiger partial charge is 0.244 e. The molecule has 0 unspecified atom stereocenters. The molecule has 0 bridgehead atoms. The van der Waals surface area contributed by atoms with Gasteiger partial charge in [-0.3, -0.25) is 9.10 Å². The topological polar surface area (TPSA) is 103 Å².